The van der Waals surface area contributed by atoms with E-state index in [1.807, 2.05) is 31.2 Å². The molecule has 0 bridgehead atoms. The van der Waals surface area contributed by atoms with Gasteiger partial charge in [0.15, 0.2) is 5.79 Å². The Morgan fingerprint density at radius 2 is 1.71 bits per heavy atom. The fraction of sp³-hybridized carbons (Fsp3) is 0.400. The number of aryl methyl sites for hydroxylation is 1. The van der Waals surface area contributed by atoms with Gasteiger partial charge >= 0.3 is 0 Å². The molecule has 4 atom stereocenters. The Morgan fingerprint density at radius 1 is 1.04 bits per heavy atom. The lowest BCUT2D eigenvalue weighted by Crippen LogP contribution is -2.33. The minimum atomic E-state index is -4.02. The number of benzene rings is 2. The largest absolute Gasteiger partial charge is 0.341 e. The average molecular weight is 469 g/mol. The molecule has 28 heavy (non-hydrogen) atoms. The summed E-state index contributed by atoms with van der Waals surface area (Å²) in [5.41, 5.74) is 1.81. The highest BCUT2D eigenvalue weighted by Crippen LogP contribution is 2.46. The zero-order chi connectivity index (χ0) is 20.1. The van der Waals surface area contributed by atoms with Crippen molar-refractivity contribution in [3.05, 3.63) is 64.1 Å². The van der Waals surface area contributed by atoms with Crippen molar-refractivity contribution in [2.45, 2.75) is 56.1 Å². The van der Waals surface area contributed by atoms with Gasteiger partial charge in [0, 0.05) is 4.47 Å². The molecule has 0 saturated carbocycles. The highest BCUT2D eigenvalue weighted by atomic mass is 79.9. The zero-order valence-corrected chi connectivity index (χ0v) is 18.1. The van der Waals surface area contributed by atoms with Crippen molar-refractivity contribution in [3.8, 4) is 0 Å². The Bertz CT molecular complexity index is 972. The van der Waals surface area contributed by atoms with Gasteiger partial charge < -0.3 is 14.2 Å². The lowest BCUT2D eigenvalue weighted by Gasteiger charge is -2.24. The average Bonchev–Trinajstić information content (AvgIpc) is 3.09. The van der Waals surface area contributed by atoms with Gasteiger partial charge in [-0.25, -0.2) is 4.18 Å². The third-order valence-electron chi connectivity index (χ3n) is 4.72. The van der Waals surface area contributed by atoms with Crippen molar-refractivity contribution in [2.75, 3.05) is 0 Å². The Morgan fingerprint density at radius 3 is 2.39 bits per heavy atom. The molecule has 8 heteroatoms. The van der Waals surface area contributed by atoms with Crippen LogP contribution in [-0.2, 0) is 28.5 Å². The fourth-order valence-electron chi connectivity index (χ4n) is 3.48. The summed E-state index contributed by atoms with van der Waals surface area (Å²) in [6, 6.07) is 14.1. The van der Waals surface area contributed by atoms with Crippen LogP contribution in [0.3, 0.4) is 0 Å². The Hall–Kier alpha value is -1.29. The van der Waals surface area contributed by atoms with E-state index in [0.29, 0.717) is 0 Å². The van der Waals surface area contributed by atoms with Gasteiger partial charge in [-0.05, 0) is 50.6 Å². The van der Waals surface area contributed by atoms with Gasteiger partial charge in [0.2, 0.25) is 6.29 Å². The van der Waals surface area contributed by atoms with E-state index in [4.69, 9.17) is 18.4 Å². The van der Waals surface area contributed by atoms with Crippen molar-refractivity contribution >= 4 is 26.0 Å². The molecule has 2 aliphatic rings. The van der Waals surface area contributed by atoms with E-state index in [-0.39, 0.29) is 4.90 Å². The minimum Gasteiger partial charge on any atom is -0.341 e. The maximum Gasteiger partial charge on any atom is 0.299 e. The topological polar surface area (TPSA) is 71.1 Å². The molecular weight excluding hydrogens is 448 g/mol. The van der Waals surface area contributed by atoms with Crippen LogP contribution in [0.15, 0.2) is 57.9 Å². The fourth-order valence-corrected chi connectivity index (χ4v) is 4.88. The first-order valence-electron chi connectivity index (χ1n) is 8.91. The van der Waals surface area contributed by atoms with Crippen LogP contribution in [0, 0.1) is 6.92 Å². The van der Waals surface area contributed by atoms with Gasteiger partial charge in [-0.3, -0.25) is 0 Å². The monoisotopic (exact) mass is 468 g/mol. The second-order valence-electron chi connectivity index (χ2n) is 7.41. The molecular formula is C20H21BrO6S. The van der Waals surface area contributed by atoms with Gasteiger partial charge in [-0.1, -0.05) is 45.8 Å². The minimum absolute atomic E-state index is 0.0716. The zero-order valence-electron chi connectivity index (χ0n) is 15.7. The van der Waals surface area contributed by atoms with Crippen LogP contribution in [0.4, 0.5) is 0 Å². The number of halogens is 1. The maximum atomic E-state index is 12.7. The van der Waals surface area contributed by atoms with E-state index in [2.05, 4.69) is 15.9 Å². The van der Waals surface area contributed by atoms with Crippen LogP contribution < -0.4 is 0 Å². The Labute approximate surface area is 173 Å². The molecule has 0 spiro atoms. The van der Waals surface area contributed by atoms with Gasteiger partial charge in [-0.15, -0.1) is 0 Å². The Kier molecular flexibility index (Phi) is 5.14. The molecule has 0 aliphatic carbocycles. The quantitative estimate of drug-likeness (QED) is 0.629. The van der Waals surface area contributed by atoms with E-state index in [1.54, 1.807) is 26.0 Å². The standard InChI is InChI=1S/C20H21BrO6S/c1-12-7-9-15(10-8-12)28(22,23)27-19-18-17(25-20(2,3)26-18)16(24-19)13-5-4-6-14(21)11-13/h4-11,16-19H,1-3H3/t16-,17-,18-,19?/m0/s1. The predicted octanol–water partition coefficient (Wildman–Crippen LogP) is 4.08. The molecule has 4 rings (SSSR count). The first kappa shape index (κ1) is 20.0. The van der Waals surface area contributed by atoms with Crippen LogP contribution in [0.5, 0.6) is 0 Å². The van der Waals surface area contributed by atoms with Crippen LogP contribution in [0.1, 0.15) is 31.1 Å². The lowest BCUT2D eigenvalue weighted by molar-refractivity contribution is -0.213. The number of ether oxygens (including phenoxy) is 3. The first-order chi connectivity index (χ1) is 13.1. The van der Waals surface area contributed by atoms with Crippen molar-refractivity contribution in [1.29, 1.82) is 0 Å². The van der Waals surface area contributed by atoms with Crippen molar-refractivity contribution < 1.29 is 26.8 Å². The van der Waals surface area contributed by atoms with E-state index >= 15 is 0 Å². The van der Waals surface area contributed by atoms with Gasteiger partial charge in [0.1, 0.15) is 18.3 Å². The van der Waals surface area contributed by atoms with Gasteiger partial charge in [0.25, 0.3) is 10.1 Å². The molecule has 150 valence electrons. The van der Waals surface area contributed by atoms with Crippen LogP contribution in [-0.4, -0.2) is 32.7 Å². The van der Waals surface area contributed by atoms with Crippen molar-refractivity contribution in [2.24, 2.45) is 0 Å². The molecule has 0 amide bonds. The number of rotatable bonds is 4. The van der Waals surface area contributed by atoms with Crippen LogP contribution in [0.2, 0.25) is 0 Å². The summed E-state index contributed by atoms with van der Waals surface area (Å²) in [4.78, 5) is 0.0716. The molecule has 6 nitrogen and oxygen atoms in total. The Balaban J connectivity index is 1.63. The molecule has 1 unspecified atom stereocenters. The van der Waals surface area contributed by atoms with Gasteiger partial charge in [-0.2, -0.15) is 8.42 Å². The second kappa shape index (κ2) is 7.19. The molecule has 2 saturated heterocycles. The summed E-state index contributed by atoms with van der Waals surface area (Å²) >= 11 is 3.45. The number of hydrogen-bond donors (Lipinski definition) is 0. The highest BCUT2D eigenvalue weighted by molar-refractivity contribution is 9.10. The van der Waals surface area contributed by atoms with E-state index in [0.717, 1.165) is 15.6 Å². The predicted molar refractivity (Wildman–Crippen MR) is 105 cm³/mol. The summed E-state index contributed by atoms with van der Waals surface area (Å²) in [7, 11) is -4.02. The molecule has 2 aliphatic heterocycles. The van der Waals surface area contributed by atoms with Crippen molar-refractivity contribution in [1.82, 2.24) is 0 Å². The normalized spacial score (nSPS) is 29.0. The smallest absolute Gasteiger partial charge is 0.299 e. The lowest BCUT2D eigenvalue weighted by atomic mass is 10.0. The van der Waals surface area contributed by atoms with Crippen LogP contribution in [0.25, 0.3) is 0 Å². The summed E-state index contributed by atoms with van der Waals surface area (Å²) in [5.74, 6) is -0.862. The first-order valence-corrected chi connectivity index (χ1v) is 11.1. The molecule has 0 N–H and O–H groups in total. The number of fused-ring (bicyclic) bond motifs is 1. The molecule has 0 aromatic heterocycles. The molecule has 2 heterocycles. The highest BCUT2D eigenvalue weighted by Gasteiger charge is 2.57. The maximum absolute atomic E-state index is 12.7. The van der Waals surface area contributed by atoms with Gasteiger partial charge in [0.05, 0.1) is 4.90 Å². The summed E-state index contributed by atoms with van der Waals surface area (Å²) < 4.78 is 49.7. The summed E-state index contributed by atoms with van der Waals surface area (Å²) in [6.45, 7) is 5.46. The summed E-state index contributed by atoms with van der Waals surface area (Å²) in [6.07, 6.45) is -2.77. The molecule has 2 aromatic rings. The number of hydrogen-bond acceptors (Lipinski definition) is 6. The molecule has 0 radical (unpaired) electrons. The SMILES string of the molecule is Cc1ccc(S(=O)(=O)OC2O[C@@H](c3cccc(Br)c3)[C@@H]3OC(C)(C)O[C@H]23)cc1. The van der Waals surface area contributed by atoms with E-state index < -0.39 is 40.5 Å². The van der Waals surface area contributed by atoms with E-state index in [9.17, 15) is 8.42 Å². The van der Waals surface area contributed by atoms with Crippen molar-refractivity contribution in [3.63, 3.8) is 0 Å². The van der Waals surface area contributed by atoms with E-state index in [1.165, 1.54) is 12.1 Å². The summed E-state index contributed by atoms with van der Waals surface area (Å²) in [5, 5.41) is 0. The van der Waals surface area contributed by atoms with Crippen LogP contribution >= 0.6 is 15.9 Å². The molecule has 2 fully saturated rings. The molecule has 2 aromatic carbocycles. The second-order valence-corrected chi connectivity index (χ2v) is 9.90. The third-order valence-corrected chi connectivity index (χ3v) is 6.51. The third kappa shape index (κ3) is 3.90.